The van der Waals surface area contributed by atoms with Crippen LogP contribution in [0, 0.1) is 5.41 Å². The van der Waals surface area contributed by atoms with Crippen LogP contribution in [-0.4, -0.2) is 17.3 Å². The van der Waals surface area contributed by atoms with E-state index in [9.17, 15) is 18.0 Å². The molecule has 0 atom stereocenters. The van der Waals surface area contributed by atoms with Crippen molar-refractivity contribution in [1.82, 2.24) is 0 Å². The van der Waals surface area contributed by atoms with Gasteiger partial charge in [-0.15, -0.1) is 0 Å². The summed E-state index contributed by atoms with van der Waals surface area (Å²) in [6, 6.07) is 6.81. The number of aliphatic carboxylic acids is 1. The summed E-state index contributed by atoms with van der Waals surface area (Å²) in [7, 11) is 0. The van der Waals surface area contributed by atoms with E-state index in [0.29, 0.717) is 11.1 Å². The van der Waals surface area contributed by atoms with Gasteiger partial charge in [0.15, 0.2) is 0 Å². The first-order chi connectivity index (χ1) is 7.82. The van der Waals surface area contributed by atoms with Crippen molar-refractivity contribution in [2.75, 3.05) is 0 Å². The van der Waals surface area contributed by atoms with Gasteiger partial charge in [-0.05, 0) is 24.0 Å². The fourth-order valence-corrected chi connectivity index (χ4v) is 2.43. The van der Waals surface area contributed by atoms with Crippen LogP contribution in [0.4, 0.5) is 13.2 Å². The second kappa shape index (κ2) is 3.75. The van der Waals surface area contributed by atoms with E-state index in [1.54, 1.807) is 24.3 Å². The first-order valence-electron chi connectivity index (χ1n) is 5.19. The SMILES string of the molecule is O=C(O)C1(CC(F)(F)F)Cc2ccccc2C1. The van der Waals surface area contributed by atoms with Gasteiger partial charge in [-0.1, -0.05) is 24.3 Å². The number of alkyl halides is 3. The average molecular weight is 244 g/mol. The van der Waals surface area contributed by atoms with E-state index in [1.807, 2.05) is 0 Å². The van der Waals surface area contributed by atoms with Crippen LogP contribution in [0.3, 0.4) is 0 Å². The number of carboxylic acids is 1. The Balaban J connectivity index is 2.33. The van der Waals surface area contributed by atoms with Crippen LogP contribution in [0.15, 0.2) is 24.3 Å². The maximum atomic E-state index is 12.5. The van der Waals surface area contributed by atoms with Crippen LogP contribution in [-0.2, 0) is 17.6 Å². The summed E-state index contributed by atoms with van der Waals surface area (Å²) in [5.41, 5.74) is -0.305. The van der Waals surface area contributed by atoms with E-state index in [2.05, 4.69) is 0 Å². The number of carbonyl (C=O) groups is 1. The van der Waals surface area contributed by atoms with Gasteiger partial charge in [-0.25, -0.2) is 0 Å². The summed E-state index contributed by atoms with van der Waals surface area (Å²) in [4.78, 5) is 11.2. The lowest BCUT2D eigenvalue weighted by Gasteiger charge is -2.24. The summed E-state index contributed by atoms with van der Waals surface area (Å²) in [6.45, 7) is 0. The summed E-state index contributed by atoms with van der Waals surface area (Å²) in [5.74, 6) is -1.37. The highest BCUT2D eigenvalue weighted by Crippen LogP contribution is 2.44. The van der Waals surface area contributed by atoms with E-state index in [-0.39, 0.29) is 12.8 Å². The maximum absolute atomic E-state index is 12.5. The highest BCUT2D eigenvalue weighted by molar-refractivity contribution is 5.77. The van der Waals surface area contributed by atoms with Gasteiger partial charge in [0.1, 0.15) is 0 Å². The van der Waals surface area contributed by atoms with Crippen molar-refractivity contribution >= 4 is 5.97 Å². The molecule has 0 radical (unpaired) electrons. The molecule has 2 nitrogen and oxygen atoms in total. The molecule has 0 aliphatic heterocycles. The first kappa shape index (κ1) is 12.0. The zero-order valence-electron chi connectivity index (χ0n) is 8.92. The number of hydrogen-bond donors (Lipinski definition) is 1. The van der Waals surface area contributed by atoms with Crippen LogP contribution < -0.4 is 0 Å². The molecular weight excluding hydrogens is 233 g/mol. The summed E-state index contributed by atoms with van der Waals surface area (Å²) in [5, 5.41) is 9.10. The Morgan fingerprint density at radius 2 is 1.71 bits per heavy atom. The van der Waals surface area contributed by atoms with E-state index >= 15 is 0 Å². The molecule has 0 spiro atoms. The van der Waals surface area contributed by atoms with E-state index in [0.717, 1.165) is 0 Å². The number of benzene rings is 1. The zero-order valence-corrected chi connectivity index (χ0v) is 8.92. The molecule has 92 valence electrons. The fourth-order valence-electron chi connectivity index (χ4n) is 2.43. The van der Waals surface area contributed by atoms with Crippen LogP contribution in [0.5, 0.6) is 0 Å². The average Bonchev–Trinajstić information content (AvgIpc) is 2.53. The second-order valence-corrected chi connectivity index (χ2v) is 4.50. The number of halogens is 3. The molecule has 0 unspecified atom stereocenters. The first-order valence-corrected chi connectivity index (χ1v) is 5.19. The third-order valence-corrected chi connectivity index (χ3v) is 3.17. The van der Waals surface area contributed by atoms with Gasteiger partial charge in [-0.3, -0.25) is 4.79 Å². The normalized spacial score (nSPS) is 17.8. The lowest BCUT2D eigenvalue weighted by Crippen LogP contribution is -2.36. The minimum absolute atomic E-state index is 0.0436. The lowest BCUT2D eigenvalue weighted by molar-refractivity contribution is -0.177. The van der Waals surface area contributed by atoms with Gasteiger partial charge < -0.3 is 5.11 Å². The number of fused-ring (bicyclic) bond motifs is 1. The molecule has 5 heteroatoms. The molecule has 1 N–H and O–H groups in total. The lowest BCUT2D eigenvalue weighted by atomic mass is 9.81. The van der Waals surface area contributed by atoms with Crippen molar-refractivity contribution in [3.63, 3.8) is 0 Å². The zero-order chi connectivity index (χ0) is 12.7. The van der Waals surface area contributed by atoms with Crippen molar-refractivity contribution in [3.05, 3.63) is 35.4 Å². The largest absolute Gasteiger partial charge is 0.481 e. The molecule has 0 saturated heterocycles. The van der Waals surface area contributed by atoms with Crippen LogP contribution >= 0.6 is 0 Å². The number of hydrogen-bond acceptors (Lipinski definition) is 1. The Morgan fingerprint density at radius 1 is 1.24 bits per heavy atom. The predicted octanol–water partition coefficient (Wildman–Crippen LogP) is 2.81. The van der Waals surface area contributed by atoms with Crippen LogP contribution in [0.25, 0.3) is 0 Å². The van der Waals surface area contributed by atoms with E-state index < -0.39 is 24.0 Å². The molecule has 17 heavy (non-hydrogen) atoms. The van der Waals surface area contributed by atoms with Crippen molar-refractivity contribution in [3.8, 4) is 0 Å². The van der Waals surface area contributed by atoms with Gasteiger partial charge in [0.2, 0.25) is 0 Å². The third kappa shape index (κ3) is 2.28. The molecule has 1 aliphatic carbocycles. The minimum Gasteiger partial charge on any atom is -0.481 e. The number of carboxylic acid groups (broad SMARTS) is 1. The Kier molecular flexibility index (Phi) is 2.64. The summed E-state index contributed by atoms with van der Waals surface area (Å²) < 4.78 is 37.4. The molecule has 0 heterocycles. The third-order valence-electron chi connectivity index (χ3n) is 3.17. The van der Waals surface area contributed by atoms with Gasteiger partial charge in [-0.2, -0.15) is 13.2 Å². The molecule has 1 aromatic rings. The standard InChI is InChI=1S/C12H11F3O2/c13-12(14,15)7-11(10(16)17)5-8-3-1-2-4-9(8)6-11/h1-4H,5-7H2,(H,16,17). The molecule has 1 aliphatic rings. The predicted molar refractivity (Wildman–Crippen MR) is 54.6 cm³/mol. The maximum Gasteiger partial charge on any atom is 0.390 e. The number of rotatable bonds is 2. The molecule has 1 aromatic carbocycles. The Hall–Kier alpha value is -1.52. The minimum atomic E-state index is -4.46. The summed E-state index contributed by atoms with van der Waals surface area (Å²) in [6.07, 6.45) is -5.82. The van der Waals surface area contributed by atoms with E-state index in [1.165, 1.54) is 0 Å². The van der Waals surface area contributed by atoms with Crippen molar-refractivity contribution < 1.29 is 23.1 Å². The molecule has 0 bridgehead atoms. The highest BCUT2D eigenvalue weighted by Gasteiger charge is 2.51. The smallest absolute Gasteiger partial charge is 0.390 e. The van der Waals surface area contributed by atoms with E-state index in [4.69, 9.17) is 5.11 Å². The van der Waals surface area contributed by atoms with Gasteiger partial charge >= 0.3 is 12.1 Å². The molecule has 0 saturated carbocycles. The Bertz CT molecular complexity index is 426. The fraction of sp³-hybridized carbons (Fsp3) is 0.417. The monoisotopic (exact) mass is 244 g/mol. The van der Waals surface area contributed by atoms with Crippen molar-refractivity contribution in [2.24, 2.45) is 5.41 Å². The second-order valence-electron chi connectivity index (χ2n) is 4.50. The van der Waals surface area contributed by atoms with Crippen molar-refractivity contribution in [2.45, 2.75) is 25.4 Å². The quantitative estimate of drug-likeness (QED) is 0.868. The Morgan fingerprint density at radius 3 is 2.06 bits per heavy atom. The molecule has 0 fully saturated rings. The van der Waals surface area contributed by atoms with Crippen molar-refractivity contribution in [1.29, 1.82) is 0 Å². The van der Waals surface area contributed by atoms with Gasteiger partial charge in [0.25, 0.3) is 0 Å². The molecule has 2 rings (SSSR count). The van der Waals surface area contributed by atoms with Gasteiger partial charge in [0, 0.05) is 0 Å². The van der Waals surface area contributed by atoms with Crippen LogP contribution in [0.2, 0.25) is 0 Å². The topological polar surface area (TPSA) is 37.3 Å². The molecule has 0 amide bonds. The molecule has 0 aromatic heterocycles. The highest BCUT2D eigenvalue weighted by atomic mass is 19.4. The Labute approximate surface area is 96.1 Å². The molecular formula is C12H11F3O2. The summed E-state index contributed by atoms with van der Waals surface area (Å²) >= 11 is 0. The van der Waals surface area contributed by atoms with Gasteiger partial charge in [0.05, 0.1) is 11.8 Å². The van der Waals surface area contributed by atoms with Crippen LogP contribution in [0.1, 0.15) is 17.5 Å².